The molecule has 3 atom stereocenters. The van der Waals surface area contributed by atoms with Crippen LogP contribution in [0.4, 0.5) is 0 Å². The Hall–Kier alpha value is -2.73. The molecule has 0 radical (unpaired) electrons. The lowest BCUT2D eigenvalue weighted by molar-refractivity contribution is 0.255. The molecule has 6 heteroatoms. The van der Waals surface area contributed by atoms with Gasteiger partial charge in [0.25, 0.3) is 0 Å². The van der Waals surface area contributed by atoms with Gasteiger partial charge in [-0.1, -0.05) is 24.8 Å². The number of nitrogens with zero attached hydrogens (tertiary/aromatic N) is 4. The highest BCUT2D eigenvalue weighted by atomic mass is 32.2. The van der Waals surface area contributed by atoms with E-state index in [2.05, 4.69) is 64.1 Å². The molecule has 29 heavy (non-hydrogen) atoms. The number of amidine groups is 1. The molecule has 0 unspecified atom stereocenters. The zero-order chi connectivity index (χ0) is 19.8. The van der Waals surface area contributed by atoms with Gasteiger partial charge in [-0.2, -0.15) is 0 Å². The van der Waals surface area contributed by atoms with E-state index < -0.39 is 0 Å². The van der Waals surface area contributed by atoms with Crippen LogP contribution in [-0.4, -0.2) is 38.5 Å². The molecular weight excluding hydrogens is 380 g/mol. The summed E-state index contributed by atoms with van der Waals surface area (Å²) in [6.45, 7) is 2.27. The predicted molar refractivity (Wildman–Crippen MR) is 118 cm³/mol. The third-order valence-electron chi connectivity index (χ3n) is 5.76. The van der Waals surface area contributed by atoms with Gasteiger partial charge < -0.3 is 14.2 Å². The Morgan fingerprint density at radius 2 is 2.00 bits per heavy atom. The zero-order valence-corrected chi connectivity index (χ0v) is 17.4. The number of fused-ring (bicyclic) bond motifs is 1. The molecule has 2 aromatic heterocycles. The summed E-state index contributed by atoms with van der Waals surface area (Å²) in [5.74, 6) is 1.98. The van der Waals surface area contributed by atoms with Crippen LogP contribution in [0.1, 0.15) is 36.7 Å². The second kappa shape index (κ2) is 7.59. The molecule has 1 saturated heterocycles. The Morgan fingerprint density at radius 1 is 1.14 bits per heavy atom. The maximum Gasteiger partial charge on any atom is 0.160 e. The van der Waals surface area contributed by atoms with Crippen molar-refractivity contribution in [2.24, 2.45) is 4.99 Å². The number of hydrogen-bond donors (Lipinski definition) is 0. The first kappa shape index (κ1) is 18.3. The Labute approximate surface area is 175 Å². The molecule has 1 fully saturated rings. The zero-order valence-electron chi connectivity index (χ0n) is 16.6. The van der Waals surface area contributed by atoms with Crippen LogP contribution in [0.5, 0.6) is 5.75 Å². The summed E-state index contributed by atoms with van der Waals surface area (Å²) in [6.07, 6.45) is 7.35. The molecule has 0 bridgehead atoms. The maximum atomic E-state index is 5.29. The summed E-state index contributed by atoms with van der Waals surface area (Å²) in [4.78, 5) is 12.3. The molecule has 0 amide bonds. The average Bonchev–Trinajstić information content (AvgIpc) is 3.49. The molecule has 2 aliphatic heterocycles. The summed E-state index contributed by atoms with van der Waals surface area (Å²) < 4.78 is 7.46. The first-order valence-corrected chi connectivity index (χ1v) is 11.0. The number of methoxy groups -OCH3 is 1. The van der Waals surface area contributed by atoms with Crippen molar-refractivity contribution in [2.75, 3.05) is 12.9 Å². The van der Waals surface area contributed by atoms with E-state index in [4.69, 9.17) is 9.73 Å². The van der Waals surface area contributed by atoms with E-state index in [1.165, 1.54) is 5.56 Å². The molecule has 2 aliphatic rings. The quantitative estimate of drug-likeness (QED) is 0.609. The van der Waals surface area contributed by atoms with E-state index in [-0.39, 0.29) is 12.1 Å². The van der Waals surface area contributed by atoms with Gasteiger partial charge in [-0.15, -0.1) is 0 Å². The van der Waals surface area contributed by atoms with Gasteiger partial charge in [-0.05, 0) is 54.4 Å². The van der Waals surface area contributed by atoms with E-state index in [0.717, 1.165) is 34.5 Å². The predicted octanol–water partition coefficient (Wildman–Crippen LogP) is 4.86. The first-order valence-electron chi connectivity index (χ1n) is 10.0. The van der Waals surface area contributed by atoms with Crippen molar-refractivity contribution < 1.29 is 4.74 Å². The Bertz CT molecular complexity index is 1010. The summed E-state index contributed by atoms with van der Waals surface area (Å²) >= 11 is 1.88. The highest BCUT2D eigenvalue weighted by Crippen LogP contribution is 2.48. The van der Waals surface area contributed by atoms with Crippen LogP contribution in [0.2, 0.25) is 0 Å². The maximum absolute atomic E-state index is 5.29. The van der Waals surface area contributed by atoms with Gasteiger partial charge in [-0.3, -0.25) is 9.98 Å². The van der Waals surface area contributed by atoms with Gasteiger partial charge in [0.05, 0.1) is 18.8 Å². The van der Waals surface area contributed by atoms with Crippen molar-refractivity contribution in [3.63, 3.8) is 0 Å². The van der Waals surface area contributed by atoms with E-state index in [1.807, 2.05) is 36.2 Å². The Morgan fingerprint density at radius 3 is 2.72 bits per heavy atom. The minimum atomic E-state index is 0.0276. The normalized spacial score (nSPS) is 23.2. The van der Waals surface area contributed by atoms with Gasteiger partial charge in [0, 0.05) is 36.1 Å². The third-order valence-corrected chi connectivity index (χ3v) is 6.88. The fourth-order valence-electron chi connectivity index (χ4n) is 4.21. The molecule has 5 rings (SSSR count). The molecule has 0 saturated carbocycles. The lowest BCUT2D eigenvalue weighted by Gasteiger charge is -2.31. The summed E-state index contributed by atoms with van der Waals surface area (Å²) in [7, 11) is 1.69. The van der Waals surface area contributed by atoms with Crippen LogP contribution in [0.25, 0.3) is 5.69 Å². The average molecular weight is 405 g/mol. The Balaban J connectivity index is 1.52. The largest absolute Gasteiger partial charge is 0.497 e. The molecule has 0 N–H and O–H groups in total. The first-order chi connectivity index (χ1) is 14.3. The number of thioether (sulfide) groups is 1. The van der Waals surface area contributed by atoms with Crippen LogP contribution in [0, 0.1) is 0 Å². The van der Waals surface area contributed by atoms with Crippen LogP contribution in [0.3, 0.4) is 0 Å². The monoisotopic (exact) mass is 404 g/mol. The standard InChI is InChI=1S/C23H24N4OS/c1-3-17-15-29-23-25-21(20-6-4-5-12-24-20)22(27(17)23)16-11-13-26(14-16)18-7-9-19(28-2)10-8-18/h4-14,17,21-22H,3,15H2,1-2H3/t17-,21+,22-/m1/s1. The van der Waals surface area contributed by atoms with Gasteiger partial charge >= 0.3 is 0 Å². The van der Waals surface area contributed by atoms with Crippen molar-refractivity contribution >= 4 is 16.9 Å². The molecule has 1 aromatic carbocycles. The van der Waals surface area contributed by atoms with Crippen molar-refractivity contribution in [1.82, 2.24) is 14.5 Å². The number of aliphatic imine (C=N–C) groups is 1. The minimum Gasteiger partial charge on any atom is -0.497 e. The van der Waals surface area contributed by atoms with E-state index in [0.29, 0.717) is 6.04 Å². The van der Waals surface area contributed by atoms with Crippen LogP contribution >= 0.6 is 11.8 Å². The fourth-order valence-corrected chi connectivity index (χ4v) is 5.55. The van der Waals surface area contributed by atoms with Gasteiger partial charge in [-0.25, -0.2) is 0 Å². The van der Waals surface area contributed by atoms with Crippen molar-refractivity contribution in [1.29, 1.82) is 0 Å². The lowest BCUT2D eigenvalue weighted by Crippen LogP contribution is -2.35. The highest BCUT2D eigenvalue weighted by Gasteiger charge is 2.45. The third kappa shape index (κ3) is 3.21. The van der Waals surface area contributed by atoms with Crippen molar-refractivity contribution in [2.45, 2.75) is 31.5 Å². The number of hydrogen-bond acceptors (Lipinski definition) is 5. The van der Waals surface area contributed by atoms with Crippen molar-refractivity contribution in [3.8, 4) is 11.4 Å². The van der Waals surface area contributed by atoms with E-state index in [1.54, 1.807) is 7.11 Å². The van der Waals surface area contributed by atoms with Gasteiger partial charge in [0.1, 0.15) is 11.8 Å². The smallest absolute Gasteiger partial charge is 0.160 e. The summed E-state index contributed by atoms with van der Waals surface area (Å²) in [6, 6.07) is 17.2. The number of benzene rings is 1. The molecule has 0 spiro atoms. The molecular formula is C23H24N4OS. The molecule has 5 nitrogen and oxygen atoms in total. The number of rotatable bonds is 5. The second-order valence-corrected chi connectivity index (χ2v) is 8.37. The topological polar surface area (TPSA) is 42.6 Å². The molecule has 3 aromatic rings. The van der Waals surface area contributed by atoms with Gasteiger partial charge in [0.15, 0.2) is 5.17 Å². The molecule has 148 valence electrons. The molecule has 4 heterocycles. The lowest BCUT2D eigenvalue weighted by atomic mass is 9.97. The second-order valence-electron chi connectivity index (χ2n) is 7.39. The highest BCUT2D eigenvalue weighted by molar-refractivity contribution is 8.14. The van der Waals surface area contributed by atoms with Gasteiger partial charge in [0.2, 0.25) is 0 Å². The van der Waals surface area contributed by atoms with E-state index in [9.17, 15) is 0 Å². The number of pyridine rings is 1. The SMILES string of the molecule is CC[C@@H]1CSC2=N[C@@H](c3ccccn3)[C@@H](c3ccn(-c4ccc(OC)cc4)c3)N21. The van der Waals surface area contributed by atoms with Crippen LogP contribution in [0.15, 0.2) is 72.1 Å². The van der Waals surface area contributed by atoms with Crippen LogP contribution in [-0.2, 0) is 0 Å². The molecule has 0 aliphatic carbocycles. The van der Waals surface area contributed by atoms with Crippen LogP contribution < -0.4 is 4.74 Å². The summed E-state index contributed by atoms with van der Waals surface area (Å²) in [5, 5.41) is 1.16. The van der Waals surface area contributed by atoms with Crippen molar-refractivity contribution in [3.05, 3.63) is 78.4 Å². The number of aromatic nitrogens is 2. The Kier molecular flexibility index (Phi) is 4.79. The fraction of sp³-hybridized carbons (Fsp3) is 0.304. The van der Waals surface area contributed by atoms with E-state index >= 15 is 0 Å². The minimum absolute atomic E-state index is 0.0276. The number of ether oxygens (including phenoxy) is 1. The summed E-state index contributed by atoms with van der Waals surface area (Å²) in [5.41, 5.74) is 3.43.